The van der Waals surface area contributed by atoms with E-state index < -0.39 is 0 Å². The summed E-state index contributed by atoms with van der Waals surface area (Å²) >= 11 is 0. The lowest BCUT2D eigenvalue weighted by atomic mass is 10.0. The van der Waals surface area contributed by atoms with E-state index in [1.165, 1.54) is 11.6 Å². The summed E-state index contributed by atoms with van der Waals surface area (Å²) in [5.41, 5.74) is 4.99. The van der Waals surface area contributed by atoms with E-state index in [-0.39, 0.29) is 5.82 Å². The topological polar surface area (TPSA) is 41.6 Å². The summed E-state index contributed by atoms with van der Waals surface area (Å²) in [4.78, 5) is 12.0. The number of benzene rings is 1. The molecule has 0 radical (unpaired) electrons. The van der Waals surface area contributed by atoms with Crippen molar-refractivity contribution in [2.45, 2.75) is 19.3 Å². The molecule has 1 N–H and O–H groups in total. The lowest BCUT2D eigenvalue weighted by Gasteiger charge is -2.05. The molecule has 0 spiro atoms. The van der Waals surface area contributed by atoms with Gasteiger partial charge in [-0.3, -0.25) is 4.98 Å². The Labute approximate surface area is 145 Å². The monoisotopic (exact) mass is 331 g/mol. The third kappa shape index (κ3) is 3.43. The first-order valence-electron chi connectivity index (χ1n) is 8.38. The predicted octanol–water partition coefficient (Wildman–Crippen LogP) is 4.47. The smallest absolute Gasteiger partial charge is 0.137 e. The summed E-state index contributed by atoms with van der Waals surface area (Å²) in [7, 11) is 0. The van der Waals surface area contributed by atoms with Gasteiger partial charge >= 0.3 is 0 Å². The summed E-state index contributed by atoms with van der Waals surface area (Å²) in [6.45, 7) is 0. The molecule has 0 amide bonds. The number of aryl methyl sites for hydroxylation is 2. The summed E-state index contributed by atoms with van der Waals surface area (Å²) in [5.74, 6) is -0.146. The summed E-state index contributed by atoms with van der Waals surface area (Å²) < 4.78 is 13.7. The molecule has 0 atom stereocenters. The molecule has 0 fully saturated rings. The lowest BCUT2D eigenvalue weighted by molar-refractivity contribution is 0.608. The van der Waals surface area contributed by atoms with Crippen molar-refractivity contribution in [1.82, 2.24) is 15.0 Å². The number of nitrogens with one attached hydrogen (secondary N) is 1. The van der Waals surface area contributed by atoms with Gasteiger partial charge in [0.25, 0.3) is 0 Å². The van der Waals surface area contributed by atoms with Gasteiger partial charge in [-0.1, -0.05) is 24.3 Å². The molecule has 0 bridgehead atoms. The van der Waals surface area contributed by atoms with Crippen molar-refractivity contribution in [1.29, 1.82) is 0 Å². The number of H-pyrrole nitrogens is 1. The molecule has 3 aromatic heterocycles. The number of rotatable bonds is 5. The van der Waals surface area contributed by atoms with Crippen LogP contribution in [-0.2, 0) is 19.3 Å². The van der Waals surface area contributed by atoms with Crippen molar-refractivity contribution in [3.63, 3.8) is 0 Å². The third-order valence-electron chi connectivity index (χ3n) is 4.43. The SMILES string of the molecule is Fc1ccccc1CCc1ccc(Cc2c[nH]c3ncccc23)cn1. The van der Waals surface area contributed by atoms with Gasteiger partial charge in [-0.05, 0) is 53.8 Å². The van der Waals surface area contributed by atoms with Gasteiger partial charge < -0.3 is 4.98 Å². The fraction of sp³-hybridized carbons (Fsp3) is 0.143. The van der Waals surface area contributed by atoms with Crippen LogP contribution in [0.5, 0.6) is 0 Å². The zero-order valence-electron chi connectivity index (χ0n) is 13.7. The van der Waals surface area contributed by atoms with Crippen molar-refractivity contribution in [2.24, 2.45) is 0 Å². The highest BCUT2D eigenvalue weighted by molar-refractivity contribution is 5.79. The normalized spacial score (nSPS) is 11.1. The van der Waals surface area contributed by atoms with Gasteiger partial charge in [0.15, 0.2) is 0 Å². The van der Waals surface area contributed by atoms with Crippen molar-refractivity contribution in [3.8, 4) is 0 Å². The summed E-state index contributed by atoms with van der Waals surface area (Å²) in [6.07, 6.45) is 7.90. The number of pyridine rings is 2. The van der Waals surface area contributed by atoms with E-state index in [1.807, 2.05) is 36.7 Å². The standard InChI is InChI=1S/C21H18FN3/c22-20-6-2-1-4-16(20)8-10-18-9-7-15(13-24-18)12-17-14-25-21-19(17)5-3-11-23-21/h1-7,9,11,13-14H,8,10,12H2,(H,23,25). The molecule has 4 aromatic rings. The molecule has 0 aliphatic carbocycles. The average molecular weight is 331 g/mol. The van der Waals surface area contributed by atoms with Crippen LogP contribution in [0.2, 0.25) is 0 Å². The van der Waals surface area contributed by atoms with Crippen LogP contribution < -0.4 is 0 Å². The van der Waals surface area contributed by atoms with Crippen molar-refractivity contribution >= 4 is 11.0 Å². The molecule has 1 aromatic carbocycles. The number of hydrogen-bond donors (Lipinski definition) is 1. The molecule has 4 rings (SSSR count). The van der Waals surface area contributed by atoms with Crippen LogP contribution in [0.4, 0.5) is 4.39 Å². The van der Waals surface area contributed by atoms with E-state index in [9.17, 15) is 4.39 Å². The van der Waals surface area contributed by atoms with Crippen molar-refractivity contribution in [2.75, 3.05) is 0 Å². The molecule has 3 heterocycles. The van der Waals surface area contributed by atoms with E-state index >= 15 is 0 Å². The fourth-order valence-electron chi connectivity index (χ4n) is 3.05. The lowest BCUT2D eigenvalue weighted by Crippen LogP contribution is -1.98. The number of aromatic nitrogens is 3. The Hall–Kier alpha value is -3.01. The first kappa shape index (κ1) is 15.5. The molecule has 124 valence electrons. The molecule has 0 unspecified atom stereocenters. The number of nitrogens with zero attached hydrogens (tertiary/aromatic N) is 2. The summed E-state index contributed by atoms with van der Waals surface area (Å²) in [5, 5.41) is 1.14. The highest BCUT2D eigenvalue weighted by Gasteiger charge is 2.06. The van der Waals surface area contributed by atoms with Crippen LogP contribution in [0.25, 0.3) is 11.0 Å². The first-order chi connectivity index (χ1) is 12.3. The fourth-order valence-corrected chi connectivity index (χ4v) is 3.05. The number of halogens is 1. The van der Waals surface area contributed by atoms with Crippen LogP contribution in [0, 0.1) is 5.82 Å². The van der Waals surface area contributed by atoms with E-state index in [1.54, 1.807) is 12.3 Å². The first-order valence-corrected chi connectivity index (χ1v) is 8.38. The Bertz CT molecular complexity index is 989. The van der Waals surface area contributed by atoms with Crippen LogP contribution in [0.1, 0.15) is 22.4 Å². The van der Waals surface area contributed by atoms with Crippen LogP contribution in [0.3, 0.4) is 0 Å². The van der Waals surface area contributed by atoms with E-state index in [0.29, 0.717) is 6.42 Å². The number of aromatic amines is 1. The number of hydrogen-bond acceptors (Lipinski definition) is 2. The van der Waals surface area contributed by atoms with Gasteiger partial charge in [0.1, 0.15) is 11.5 Å². The molecule has 0 saturated heterocycles. The van der Waals surface area contributed by atoms with Gasteiger partial charge in [-0.15, -0.1) is 0 Å². The van der Waals surface area contributed by atoms with Gasteiger partial charge in [-0.2, -0.15) is 0 Å². The van der Waals surface area contributed by atoms with Crippen molar-refractivity contribution < 1.29 is 4.39 Å². The maximum absolute atomic E-state index is 13.7. The Balaban J connectivity index is 1.44. The Morgan fingerprint density at radius 2 is 1.80 bits per heavy atom. The predicted molar refractivity (Wildman–Crippen MR) is 96.9 cm³/mol. The number of fused-ring (bicyclic) bond motifs is 1. The molecule has 4 heteroatoms. The maximum Gasteiger partial charge on any atom is 0.137 e. The average Bonchev–Trinajstić information content (AvgIpc) is 3.05. The highest BCUT2D eigenvalue weighted by Crippen LogP contribution is 2.19. The molecular formula is C21H18FN3. The van der Waals surface area contributed by atoms with Crippen LogP contribution >= 0.6 is 0 Å². The second-order valence-electron chi connectivity index (χ2n) is 6.14. The Kier molecular flexibility index (Phi) is 4.25. The minimum Gasteiger partial charge on any atom is -0.346 e. The molecule has 0 saturated carbocycles. The highest BCUT2D eigenvalue weighted by atomic mass is 19.1. The second-order valence-corrected chi connectivity index (χ2v) is 6.14. The van der Waals surface area contributed by atoms with Gasteiger partial charge in [0, 0.05) is 36.1 Å². The maximum atomic E-state index is 13.7. The van der Waals surface area contributed by atoms with Crippen LogP contribution in [-0.4, -0.2) is 15.0 Å². The van der Waals surface area contributed by atoms with E-state index in [4.69, 9.17) is 0 Å². The second kappa shape index (κ2) is 6.85. The van der Waals surface area contributed by atoms with E-state index in [0.717, 1.165) is 40.7 Å². The van der Waals surface area contributed by atoms with Crippen LogP contribution in [0.15, 0.2) is 67.1 Å². The molecule has 0 aliphatic heterocycles. The van der Waals surface area contributed by atoms with Gasteiger partial charge in [0.05, 0.1) is 0 Å². The largest absolute Gasteiger partial charge is 0.346 e. The van der Waals surface area contributed by atoms with E-state index in [2.05, 4.69) is 27.1 Å². The zero-order chi connectivity index (χ0) is 17.1. The summed E-state index contributed by atoms with van der Waals surface area (Å²) in [6, 6.07) is 15.1. The molecule has 3 nitrogen and oxygen atoms in total. The Morgan fingerprint density at radius 1 is 0.880 bits per heavy atom. The molecular weight excluding hydrogens is 313 g/mol. The minimum absolute atomic E-state index is 0.146. The molecule has 0 aliphatic rings. The minimum atomic E-state index is -0.146. The zero-order valence-corrected chi connectivity index (χ0v) is 13.7. The Morgan fingerprint density at radius 3 is 2.64 bits per heavy atom. The van der Waals surface area contributed by atoms with Crippen molar-refractivity contribution in [3.05, 3.63) is 95.3 Å². The third-order valence-corrected chi connectivity index (χ3v) is 4.43. The van der Waals surface area contributed by atoms with Gasteiger partial charge in [-0.25, -0.2) is 9.37 Å². The molecule has 25 heavy (non-hydrogen) atoms. The van der Waals surface area contributed by atoms with Gasteiger partial charge in [0.2, 0.25) is 0 Å². The quantitative estimate of drug-likeness (QED) is 0.586.